The maximum absolute atomic E-state index is 4.12. The third kappa shape index (κ3) is 2.61. The summed E-state index contributed by atoms with van der Waals surface area (Å²) >= 11 is 0. The normalized spacial score (nSPS) is 27.0. The van der Waals surface area contributed by atoms with E-state index in [1.165, 1.54) is 25.3 Å². The number of nitrogens with zero attached hydrogens (tertiary/aromatic N) is 1. The predicted octanol–water partition coefficient (Wildman–Crippen LogP) is 4.09. The molecule has 2 heteroatoms. The number of aromatic nitrogens is 1. The molecule has 0 radical (unpaired) electrons. The summed E-state index contributed by atoms with van der Waals surface area (Å²) in [6.07, 6.45) is 7.68. The van der Waals surface area contributed by atoms with E-state index in [-0.39, 0.29) is 5.04 Å². The molecule has 1 unspecified atom stereocenters. The van der Waals surface area contributed by atoms with Crippen LogP contribution < -0.4 is 0 Å². The number of hydrogen-bond acceptors (Lipinski definition) is 1. The summed E-state index contributed by atoms with van der Waals surface area (Å²) in [5.74, 6) is 6.91. The molecule has 0 N–H and O–H groups in total. The molecule has 0 amide bonds. The first-order valence-electron chi connectivity index (χ1n) is 6.47. The molecule has 0 spiro atoms. The van der Waals surface area contributed by atoms with Gasteiger partial charge in [0.1, 0.15) is 0 Å². The van der Waals surface area contributed by atoms with Crippen molar-refractivity contribution in [3.8, 4) is 11.8 Å². The second-order valence-electron chi connectivity index (χ2n) is 5.91. The first-order chi connectivity index (χ1) is 8.04. The van der Waals surface area contributed by atoms with E-state index in [0.29, 0.717) is 0 Å². The lowest BCUT2D eigenvalue weighted by Crippen LogP contribution is -2.42. The average Bonchev–Trinajstić information content (AvgIpc) is 2.32. The zero-order valence-corrected chi connectivity index (χ0v) is 12.1. The molecule has 1 aromatic rings. The minimum absolute atomic E-state index is 0.279. The van der Waals surface area contributed by atoms with Crippen LogP contribution in [-0.4, -0.2) is 13.1 Å². The molecule has 1 aromatic heterocycles. The molecule has 0 bridgehead atoms. The van der Waals surface area contributed by atoms with E-state index in [2.05, 4.69) is 36.8 Å². The van der Waals surface area contributed by atoms with Gasteiger partial charge in [-0.15, -0.1) is 0 Å². The van der Waals surface area contributed by atoms with Gasteiger partial charge in [0, 0.05) is 23.0 Å². The summed E-state index contributed by atoms with van der Waals surface area (Å²) in [6.45, 7) is 7.36. The molecule has 17 heavy (non-hydrogen) atoms. The second-order valence-corrected chi connectivity index (χ2v) is 11.3. The summed E-state index contributed by atoms with van der Waals surface area (Å²) in [6, 6.07) is 5.42. The maximum atomic E-state index is 4.12. The Bertz CT molecular complexity index is 441. The third-order valence-corrected chi connectivity index (χ3v) is 9.33. The quantitative estimate of drug-likeness (QED) is 0.494. The van der Waals surface area contributed by atoms with Gasteiger partial charge >= 0.3 is 0 Å². The van der Waals surface area contributed by atoms with Crippen LogP contribution in [0.4, 0.5) is 0 Å². The summed E-state index contributed by atoms with van der Waals surface area (Å²) < 4.78 is 0. The fourth-order valence-corrected chi connectivity index (χ4v) is 5.48. The van der Waals surface area contributed by atoms with Gasteiger partial charge in [-0.25, -0.2) is 0 Å². The maximum Gasteiger partial charge on any atom is 0.0678 e. The van der Waals surface area contributed by atoms with Crippen LogP contribution in [0.1, 0.15) is 31.7 Å². The molecular weight excluding hydrogens is 222 g/mol. The highest BCUT2D eigenvalue weighted by atomic mass is 28.3. The van der Waals surface area contributed by atoms with Crippen LogP contribution >= 0.6 is 0 Å². The molecule has 90 valence electrons. The fraction of sp³-hybridized carbons (Fsp3) is 0.533. The van der Waals surface area contributed by atoms with Crippen molar-refractivity contribution >= 4 is 8.07 Å². The van der Waals surface area contributed by atoms with Gasteiger partial charge in [-0.2, -0.15) is 0 Å². The lowest BCUT2D eigenvalue weighted by atomic mass is 10.0. The van der Waals surface area contributed by atoms with E-state index in [4.69, 9.17) is 0 Å². The van der Waals surface area contributed by atoms with E-state index in [0.717, 1.165) is 5.56 Å². The van der Waals surface area contributed by atoms with E-state index < -0.39 is 8.07 Å². The fourth-order valence-electron chi connectivity index (χ4n) is 2.54. The first-order valence-corrected chi connectivity index (χ1v) is 9.67. The summed E-state index contributed by atoms with van der Waals surface area (Å²) in [5, 5.41) is 0.279. The highest BCUT2D eigenvalue weighted by molar-refractivity contribution is 6.81. The van der Waals surface area contributed by atoms with Crippen molar-refractivity contribution in [3.63, 3.8) is 0 Å². The van der Waals surface area contributed by atoms with E-state index in [1.54, 1.807) is 6.20 Å². The Morgan fingerprint density at radius 1 is 1.35 bits per heavy atom. The van der Waals surface area contributed by atoms with Gasteiger partial charge in [-0.3, -0.25) is 4.98 Å². The van der Waals surface area contributed by atoms with Crippen LogP contribution in [-0.2, 0) is 0 Å². The van der Waals surface area contributed by atoms with Crippen molar-refractivity contribution in [2.75, 3.05) is 0 Å². The van der Waals surface area contributed by atoms with Gasteiger partial charge in [0.2, 0.25) is 0 Å². The summed E-state index contributed by atoms with van der Waals surface area (Å²) in [4.78, 5) is 4.12. The van der Waals surface area contributed by atoms with E-state index in [1.807, 2.05) is 18.3 Å². The molecule has 1 saturated heterocycles. The average molecular weight is 243 g/mol. The molecule has 1 atom stereocenters. The van der Waals surface area contributed by atoms with Crippen molar-refractivity contribution in [2.24, 2.45) is 0 Å². The zero-order valence-electron chi connectivity index (χ0n) is 11.1. The van der Waals surface area contributed by atoms with E-state index >= 15 is 0 Å². The molecule has 1 aliphatic rings. The first kappa shape index (κ1) is 12.4. The second kappa shape index (κ2) is 4.66. The highest BCUT2D eigenvalue weighted by Gasteiger charge is 2.43. The van der Waals surface area contributed by atoms with Crippen LogP contribution in [0.15, 0.2) is 24.5 Å². The minimum Gasteiger partial charge on any atom is -0.263 e. The monoisotopic (exact) mass is 243 g/mol. The van der Waals surface area contributed by atoms with Crippen molar-refractivity contribution < 1.29 is 0 Å². The van der Waals surface area contributed by atoms with Crippen molar-refractivity contribution in [2.45, 2.75) is 50.4 Å². The van der Waals surface area contributed by atoms with Gasteiger partial charge in [-0.05, 0) is 18.6 Å². The van der Waals surface area contributed by atoms with Crippen LogP contribution in [0, 0.1) is 11.8 Å². The molecule has 1 nitrogen and oxygen atoms in total. The zero-order chi connectivity index (χ0) is 12.4. The van der Waals surface area contributed by atoms with Gasteiger partial charge in [0.25, 0.3) is 0 Å². The Morgan fingerprint density at radius 2 is 2.18 bits per heavy atom. The molecule has 1 fully saturated rings. The molecule has 1 aliphatic heterocycles. The third-order valence-electron chi connectivity index (χ3n) is 4.37. The highest BCUT2D eigenvalue weighted by Crippen LogP contribution is 2.48. The lowest BCUT2D eigenvalue weighted by molar-refractivity contribution is 0.565. The Labute approximate surface area is 106 Å². The summed E-state index contributed by atoms with van der Waals surface area (Å²) in [7, 11) is -1.19. The van der Waals surface area contributed by atoms with Gasteiger partial charge in [0.15, 0.2) is 0 Å². The number of rotatable bonds is 0. The smallest absolute Gasteiger partial charge is 0.0678 e. The van der Waals surface area contributed by atoms with Crippen molar-refractivity contribution in [3.05, 3.63) is 30.1 Å². The Balaban J connectivity index is 2.25. The van der Waals surface area contributed by atoms with Crippen molar-refractivity contribution in [1.82, 2.24) is 4.98 Å². The van der Waals surface area contributed by atoms with E-state index in [9.17, 15) is 0 Å². The van der Waals surface area contributed by atoms with Gasteiger partial charge in [0.05, 0.1) is 8.07 Å². The molecule has 0 aromatic carbocycles. The minimum atomic E-state index is -1.19. The van der Waals surface area contributed by atoms with Crippen LogP contribution in [0.3, 0.4) is 0 Å². The molecule has 0 saturated carbocycles. The molecular formula is C15H21NSi. The topological polar surface area (TPSA) is 12.9 Å². The van der Waals surface area contributed by atoms with Crippen LogP contribution in [0.5, 0.6) is 0 Å². The van der Waals surface area contributed by atoms with Crippen molar-refractivity contribution in [1.29, 1.82) is 0 Å². The van der Waals surface area contributed by atoms with Crippen LogP contribution in [0.2, 0.25) is 24.2 Å². The van der Waals surface area contributed by atoms with Gasteiger partial charge < -0.3 is 0 Å². The lowest BCUT2D eigenvalue weighted by Gasteiger charge is -2.43. The predicted molar refractivity (Wildman–Crippen MR) is 75.6 cm³/mol. The Kier molecular flexibility index (Phi) is 3.39. The summed E-state index contributed by atoms with van der Waals surface area (Å²) in [5.41, 5.74) is 1.05. The van der Waals surface area contributed by atoms with Crippen LogP contribution in [0.25, 0.3) is 0 Å². The largest absolute Gasteiger partial charge is 0.263 e. The SMILES string of the molecule is CC1(C#Cc2cccnc2)CCCC[Si]1(C)C. The van der Waals surface area contributed by atoms with Gasteiger partial charge in [-0.1, -0.05) is 50.7 Å². The molecule has 2 heterocycles. The Hall–Kier alpha value is -1.07. The number of pyridine rings is 1. The molecule has 2 rings (SSSR count). The molecule has 0 aliphatic carbocycles. The Morgan fingerprint density at radius 3 is 2.82 bits per heavy atom. The standard InChI is InChI=1S/C15H21NSi/c1-15(9-4-5-12-17(15,2)3)10-8-14-7-6-11-16-13-14/h6-7,11,13H,4-5,9,12H2,1-3H3. The number of hydrogen-bond donors (Lipinski definition) is 0.